The molecule has 4 nitrogen and oxygen atoms in total. The lowest BCUT2D eigenvalue weighted by Gasteiger charge is -2.38. The molecule has 2 aromatic carbocycles. The Kier molecular flexibility index (Phi) is 3.54. The lowest BCUT2D eigenvalue weighted by Crippen LogP contribution is -2.33. The van der Waals surface area contributed by atoms with Crippen molar-refractivity contribution in [2.24, 2.45) is 5.10 Å². The Hall–Kier alpha value is -2.72. The van der Waals surface area contributed by atoms with E-state index in [0.717, 1.165) is 40.5 Å². The third kappa shape index (κ3) is 2.49. The normalized spacial score (nSPS) is 21.0. The molecule has 2 aliphatic rings. The zero-order chi connectivity index (χ0) is 17.7. The summed E-state index contributed by atoms with van der Waals surface area (Å²) in [6.45, 7) is 1.95. The number of fused-ring (bicyclic) bond motifs is 3. The van der Waals surface area contributed by atoms with Gasteiger partial charge in [-0.1, -0.05) is 41.9 Å². The van der Waals surface area contributed by atoms with Crippen LogP contribution in [0, 0.1) is 6.92 Å². The zero-order valence-electron chi connectivity index (χ0n) is 14.2. The second kappa shape index (κ2) is 5.92. The topological polar surface area (TPSA) is 38.0 Å². The minimum Gasteiger partial charge on any atom is -0.464 e. The summed E-state index contributed by atoms with van der Waals surface area (Å²) in [6, 6.07) is 20.0. The van der Waals surface area contributed by atoms with Gasteiger partial charge in [-0.2, -0.15) is 5.10 Å². The molecule has 0 N–H and O–H groups in total. The molecular weight excluding hydrogens is 348 g/mol. The van der Waals surface area contributed by atoms with Crippen molar-refractivity contribution in [1.29, 1.82) is 0 Å². The van der Waals surface area contributed by atoms with Gasteiger partial charge in [-0.3, -0.25) is 0 Å². The number of nitrogens with zero attached hydrogens (tertiary/aromatic N) is 2. The first-order valence-electron chi connectivity index (χ1n) is 8.63. The number of furan rings is 1. The van der Waals surface area contributed by atoms with Crippen LogP contribution in [0.25, 0.3) is 0 Å². The summed E-state index contributed by atoms with van der Waals surface area (Å²) in [6.07, 6.45) is 0.498. The Morgan fingerprint density at radius 1 is 1.04 bits per heavy atom. The van der Waals surface area contributed by atoms with Gasteiger partial charge in [-0.25, -0.2) is 5.01 Å². The van der Waals surface area contributed by atoms with Crippen LogP contribution < -0.4 is 4.74 Å². The van der Waals surface area contributed by atoms with Crippen LogP contribution in [0.4, 0.5) is 0 Å². The highest BCUT2D eigenvalue weighted by Crippen LogP contribution is 2.47. The number of para-hydroxylation sites is 1. The van der Waals surface area contributed by atoms with E-state index in [2.05, 4.69) is 6.07 Å². The first kappa shape index (κ1) is 15.5. The van der Waals surface area contributed by atoms with E-state index in [1.165, 1.54) is 0 Å². The van der Waals surface area contributed by atoms with Crippen LogP contribution in [-0.2, 0) is 0 Å². The number of aryl methyl sites for hydroxylation is 1. The fraction of sp³-hybridized carbons (Fsp3) is 0.190. The van der Waals surface area contributed by atoms with Gasteiger partial charge >= 0.3 is 0 Å². The summed E-state index contributed by atoms with van der Waals surface area (Å²) in [5.41, 5.74) is 3.12. The van der Waals surface area contributed by atoms with Gasteiger partial charge < -0.3 is 9.15 Å². The molecule has 0 amide bonds. The molecule has 0 unspecified atom stereocenters. The Morgan fingerprint density at radius 3 is 2.62 bits per heavy atom. The number of benzene rings is 2. The molecule has 2 atom stereocenters. The molecule has 1 aromatic heterocycles. The second-order valence-corrected chi connectivity index (χ2v) is 7.05. The Labute approximate surface area is 156 Å². The lowest BCUT2D eigenvalue weighted by molar-refractivity contribution is -0.0190. The predicted molar refractivity (Wildman–Crippen MR) is 100 cm³/mol. The van der Waals surface area contributed by atoms with Crippen molar-refractivity contribution < 1.29 is 9.15 Å². The summed E-state index contributed by atoms with van der Waals surface area (Å²) in [4.78, 5) is 0. The SMILES string of the molecule is Cc1ccc(C2=NN3[C@@H](c4ccc(Cl)cc4)Oc4ccccc4[C@@H]3C2)o1. The predicted octanol–water partition coefficient (Wildman–Crippen LogP) is 5.48. The maximum absolute atomic E-state index is 6.31. The van der Waals surface area contributed by atoms with Gasteiger partial charge in [0.1, 0.15) is 23.0 Å². The standard InChI is InChI=1S/C21H17ClN2O2/c1-13-6-11-20(25-13)17-12-18-16-4-2-3-5-19(16)26-21(24(18)23-17)14-7-9-15(22)10-8-14/h2-11,18,21H,12H2,1H3/t18-,21+/m0/s1. The molecule has 0 saturated carbocycles. The van der Waals surface area contributed by atoms with Crippen molar-refractivity contribution in [2.75, 3.05) is 0 Å². The highest BCUT2D eigenvalue weighted by molar-refractivity contribution is 6.30. The third-order valence-electron chi connectivity index (χ3n) is 4.88. The van der Waals surface area contributed by atoms with Crippen molar-refractivity contribution in [1.82, 2.24) is 5.01 Å². The maximum atomic E-state index is 6.31. The van der Waals surface area contributed by atoms with Crippen LogP contribution in [0.1, 0.15) is 41.3 Å². The molecule has 0 fully saturated rings. The van der Waals surface area contributed by atoms with Crippen molar-refractivity contribution in [2.45, 2.75) is 25.6 Å². The van der Waals surface area contributed by atoms with Crippen LogP contribution in [0.2, 0.25) is 5.02 Å². The molecule has 0 saturated heterocycles. The van der Waals surface area contributed by atoms with Crippen molar-refractivity contribution in [3.05, 3.63) is 88.3 Å². The number of halogens is 1. The quantitative estimate of drug-likeness (QED) is 0.604. The molecule has 3 aromatic rings. The molecule has 2 aliphatic heterocycles. The zero-order valence-corrected chi connectivity index (χ0v) is 15.0. The van der Waals surface area contributed by atoms with Crippen molar-refractivity contribution >= 4 is 17.3 Å². The van der Waals surface area contributed by atoms with Gasteiger partial charge in [0.15, 0.2) is 0 Å². The minimum absolute atomic E-state index is 0.126. The van der Waals surface area contributed by atoms with Crippen molar-refractivity contribution in [3.8, 4) is 5.75 Å². The van der Waals surface area contributed by atoms with Gasteiger partial charge in [-0.15, -0.1) is 0 Å². The minimum atomic E-state index is -0.291. The molecule has 5 rings (SSSR count). The van der Waals surface area contributed by atoms with Crippen molar-refractivity contribution in [3.63, 3.8) is 0 Å². The van der Waals surface area contributed by atoms with Crippen LogP contribution in [0.15, 0.2) is 70.2 Å². The van der Waals surface area contributed by atoms with E-state index in [-0.39, 0.29) is 12.3 Å². The van der Waals surface area contributed by atoms with Gasteiger partial charge in [0, 0.05) is 22.6 Å². The Bertz CT molecular complexity index is 993. The largest absolute Gasteiger partial charge is 0.464 e. The van der Waals surface area contributed by atoms with Gasteiger partial charge in [0.05, 0.1) is 6.04 Å². The number of hydrogen-bond acceptors (Lipinski definition) is 4. The van der Waals surface area contributed by atoms with Crippen LogP contribution in [0.5, 0.6) is 5.75 Å². The smallest absolute Gasteiger partial charge is 0.213 e. The molecule has 0 spiro atoms. The van der Waals surface area contributed by atoms with E-state index in [4.69, 9.17) is 25.9 Å². The molecule has 130 valence electrons. The molecule has 0 radical (unpaired) electrons. The molecule has 3 heterocycles. The number of rotatable bonds is 2. The monoisotopic (exact) mass is 364 g/mol. The van der Waals surface area contributed by atoms with Gasteiger partial charge in [0.2, 0.25) is 6.23 Å². The molecule has 26 heavy (non-hydrogen) atoms. The first-order chi connectivity index (χ1) is 12.7. The summed E-state index contributed by atoms with van der Waals surface area (Å²) in [5, 5.41) is 7.62. The fourth-order valence-electron chi connectivity index (χ4n) is 3.62. The summed E-state index contributed by atoms with van der Waals surface area (Å²) in [7, 11) is 0. The van der Waals surface area contributed by atoms with E-state index in [1.807, 2.05) is 66.5 Å². The van der Waals surface area contributed by atoms with Gasteiger partial charge in [0.25, 0.3) is 0 Å². The highest BCUT2D eigenvalue weighted by Gasteiger charge is 2.41. The summed E-state index contributed by atoms with van der Waals surface area (Å²) >= 11 is 6.05. The molecule has 5 heteroatoms. The number of hydrazone groups is 1. The van der Waals surface area contributed by atoms with Crippen LogP contribution in [-0.4, -0.2) is 10.7 Å². The Balaban J connectivity index is 1.59. The molecule has 0 aliphatic carbocycles. The van der Waals surface area contributed by atoms with Crippen LogP contribution >= 0.6 is 11.6 Å². The van der Waals surface area contributed by atoms with E-state index < -0.39 is 0 Å². The molecular formula is C21H17ClN2O2. The van der Waals surface area contributed by atoms with Crippen LogP contribution in [0.3, 0.4) is 0 Å². The first-order valence-corrected chi connectivity index (χ1v) is 9.00. The third-order valence-corrected chi connectivity index (χ3v) is 5.13. The van der Waals surface area contributed by atoms with E-state index in [9.17, 15) is 0 Å². The second-order valence-electron chi connectivity index (χ2n) is 6.62. The Morgan fingerprint density at radius 2 is 1.85 bits per heavy atom. The average Bonchev–Trinajstić information content (AvgIpc) is 3.28. The summed E-state index contributed by atoms with van der Waals surface area (Å²) < 4.78 is 12.1. The van der Waals surface area contributed by atoms with E-state index in [1.54, 1.807) is 0 Å². The average molecular weight is 365 g/mol. The maximum Gasteiger partial charge on any atom is 0.213 e. The number of hydrogen-bond donors (Lipinski definition) is 0. The molecule has 0 bridgehead atoms. The van der Waals surface area contributed by atoms with E-state index >= 15 is 0 Å². The van der Waals surface area contributed by atoms with E-state index in [0.29, 0.717) is 5.02 Å². The van der Waals surface area contributed by atoms with Gasteiger partial charge in [-0.05, 0) is 37.3 Å². The fourth-order valence-corrected chi connectivity index (χ4v) is 3.75. The highest BCUT2D eigenvalue weighted by atomic mass is 35.5. The number of ether oxygens (including phenoxy) is 1. The summed E-state index contributed by atoms with van der Waals surface area (Å²) in [5.74, 6) is 2.61. The lowest BCUT2D eigenvalue weighted by atomic mass is 9.97.